The van der Waals surface area contributed by atoms with Gasteiger partial charge in [0.05, 0.1) is 5.56 Å². The zero-order valence-electron chi connectivity index (χ0n) is 16.6. The van der Waals surface area contributed by atoms with Crippen LogP contribution in [-0.2, 0) is 5.41 Å². The first kappa shape index (κ1) is 21.7. The molecule has 28 heavy (non-hydrogen) atoms. The molecular formula is C21H29N3O4. The number of hydrogen-bond donors (Lipinski definition) is 4. The summed E-state index contributed by atoms with van der Waals surface area (Å²) in [6.07, 6.45) is 0.690. The van der Waals surface area contributed by atoms with Gasteiger partial charge in [-0.2, -0.15) is 0 Å². The number of carbonyl (C=O) groups is 1. The van der Waals surface area contributed by atoms with E-state index in [1.165, 1.54) is 12.3 Å². The number of carboxylic acid groups (broad SMARTS) is 1. The van der Waals surface area contributed by atoms with Crippen molar-refractivity contribution in [3.8, 4) is 5.75 Å². The summed E-state index contributed by atoms with van der Waals surface area (Å²) in [5.41, 5.74) is 1.24. The van der Waals surface area contributed by atoms with Crippen LogP contribution in [0.4, 0.5) is 5.82 Å². The molecule has 1 unspecified atom stereocenters. The Morgan fingerprint density at radius 1 is 1.18 bits per heavy atom. The van der Waals surface area contributed by atoms with Gasteiger partial charge in [0.2, 0.25) is 0 Å². The van der Waals surface area contributed by atoms with Crippen LogP contribution in [-0.4, -0.2) is 53.5 Å². The average molecular weight is 387 g/mol. The average Bonchev–Trinajstić information content (AvgIpc) is 2.66. The lowest BCUT2D eigenvalue weighted by Gasteiger charge is -2.23. The number of benzene rings is 1. The summed E-state index contributed by atoms with van der Waals surface area (Å²) in [5.74, 6) is 0.406. The summed E-state index contributed by atoms with van der Waals surface area (Å²) < 4.78 is 5.82. The standard InChI is InChI=1S/C21H29N3O4/c1-21(2,3)17-6-4-5-7-18(17)28-14-16(25)13-22-10-11-23-19-9-8-15(12-24-19)20(26)27/h4-9,12,16,22,25H,10-11,13-14H2,1-3H3,(H,23,24)(H,26,27). The minimum Gasteiger partial charge on any atom is -0.491 e. The molecule has 0 amide bonds. The number of carboxylic acids is 1. The van der Waals surface area contributed by atoms with Crippen molar-refractivity contribution >= 4 is 11.8 Å². The first-order chi connectivity index (χ1) is 13.3. The van der Waals surface area contributed by atoms with Gasteiger partial charge in [-0.25, -0.2) is 9.78 Å². The number of para-hydroxylation sites is 1. The molecule has 0 radical (unpaired) electrons. The highest BCUT2D eigenvalue weighted by Gasteiger charge is 2.18. The van der Waals surface area contributed by atoms with Gasteiger partial charge in [0.1, 0.15) is 24.3 Å². The number of aromatic carboxylic acids is 1. The lowest BCUT2D eigenvalue weighted by molar-refractivity contribution is 0.0696. The molecule has 0 aliphatic rings. The number of nitrogens with zero attached hydrogens (tertiary/aromatic N) is 1. The molecule has 0 aliphatic carbocycles. The van der Waals surface area contributed by atoms with E-state index in [1.54, 1.807) is 6.07 Å². The van der Waals surface area contributed by atoms with Gasteiger partial charge in [-0.15, -0.1) is 0 Å². The van der Waals surface area contributed by atoms with Crippen molar-refractivity contribution < 1.29 is 19.7 Å². The van der Waals surface area contributed by atoms with Gasteiger partial charge in [-0.05, 0) is 29.2 Å². The van der Waals surface area contributed by atoms with Crippen LogP contribution in [0, 0.1) is 0 Å². The first-order valence-corrected chi connectivity index (χ1v) is 9.31. The van der Waals surface area contributed by atoms with Crippen LogP contribution in [0.25, 0.3) is 0 Å². The topological polar surface area (TPSA) is 104 Å². The number of aromatic nitrogens is 1. The molecule has 0 bridgehead atoms. The van der Waals surface area contributed by atoms with E-state index in [2.05, 4.69) is 36.4 Å². The molecule has 0 spiro atoms. The van der Waals surface area contributed by atoms with Crippen molar-refractivity contribution in [3.05, 3.63) is 53.7 Å². The number of pyridine rings is 1. The Hall–Kier alpha value is -2.64. The number of ether oxygens (including phenoxy) is 1. The Morgan fingerprint density at radius 2 is 1.93 bits per heavy atom. The number of aliphatic hydroxyl groups excluding tert-OH is 1. The third-order valence-corrected chi connectivity index (χ3v) is 4.12. The molecule has 0 saturated heterocycles. The summed E-state index contributed by atoms with van der Waals surface area (Å²) in [4.78, 5) is 14.8. The Kier molecular flexibility index (Phi) is 7.78. The third-order valence-electron chi connectivity index (χ3n) is 4.12. The Labute approximate surface area is 165 Å². The van der Waals surface area contributed by atoms with E-state index in [0.29, 0.717) is 25.5 Å². The molecular weight excluding hydrogens is 358 g/mol. The highest BCUT2D eigenvalue weighted by Crippen LogP contribution is 2.30. The fraction of sp³-hybridized carbons (Fsp3) is 0.429. The predicted octanol–water partition coefficient (Wildman–Crippen LogP) is 2.52. The van der Waals surface area contributed by atoms with Crippen molar-refractivity contribution in [1.82, 2.24) is 10.3 Å². The van der Waals surface area contributed by atoms with Gasteiger partial charge in [0.15, 0.2) is 0 Å². The molecule has 152 valence electrons. The van der Waals surface area contributed by atoms with Gasteiger partial charge in [-0.3, -0.25) is 0 Å². The molecule has 1 aromatic heterocycles. The zero-order valence-corrected chi connectivity index (χ0v) is 16.6. The normalized spacial score (nSPS) is 12.4. The van der Waals surface area contributed by atoms with Gasteiger partial charge in [-0.1, -0.05) is 39.0 Å². The Bertz CT molecular complexity index is 757. The number of anilines is 1. The summed E-state index contributed by atoms with van der Waals surface area (Å²) >= 11 is 0. The highest BCUT2D eigenvalue weighted by atomic mass is 16.5. The third kappa shape index (κ3) is 6.83. The van der Waals surface area contributed by atoms with Gasteiger partial charge < -0.3 is 25.6 Å². The van der Waals surface area contributed by atoms with Crippen LogP contribution in [0.15, 0.2) is 42.6 Å². The minimum atomic E-state index is -0.998. The molecule has 1 atom stereocenters. The molecule has 2 aromatic rings. The lowest BCUT2D eigenvalue weighted by Crippen LogP contribution is -2.34. The minimum absolute atomic E-state index is 0.0256. The fourth-order valence-corrected chi connectivity index (χ4v) is 2.63. The van der Waals surface area contributed by atoms with Crippen molar-refractivity contribution in [2.24, 2.45) is 0 Å². The summed E-state index contributed by atoms with van der Waals surface area (Å²) in [5, 5.41) is 25.2. The number of hydrogen-bond acceptors (Lipinski definition) is 6. The maximum atomic E-state index is 10.8. The van der Waals surface area contributed by atoms with Crippen LogP contribution in [0.5, 0.6) is 5.75 Å². The van der Waals surface area contributed by atoms with Gasteiger partial charge in [0, 0.05) is 25.8 Å². The maximum Gasteiger partial charge on any atom is 0.337 e. The fourth-order valence-electron chi connectivity index (χ4n) is 2.63. The SMILES string of the molecule is CC(C)(C)c1ccccc1OCC(O)CNCCNc1ccc(C(=O)O)cn1. The number of nitrogens with one attached hydrogen (secondary N) is 2. The number of aliphatic hydroxyl groups is 1. The van der Waals surface area contributed by atoms with Crippen LogP contribution < -0.4 is 15.4 Å². The summed E-state index contributed by atoms with van der Waals surface area (Å²) in [6, 6.07) is 11.0. The molecule has 1 heterocycles. The van der Waals surface area contributed by atoms with E-state index in [4.69, 9.17) is 9.84 Å². The van der Waals surface area contributed by atoms with E-state index in [-0.39, 0.29) is 17.6 Å². The lowest BCUT2D eigenvalue weighted by atomic mass is 9.86. The summed E-state index contributed by atoms with van der Waals surface area (Å²) in [7, 11) is 0. The monoisotopic (exact) mass is 387 g/mol. The largest absolute Gasteiger partial charge is 0.491 e. The molecule has 1 aromatic carbocycles. The van der Waals surface area contributed by atoms with Crippen molar-refractivity contribution in [1.29, 1.82) is 0 Å². The molecule has 0 aliphatic heterocycles. The number of rotatable bonds is 10. The first-order valence-electron chi connectivity index (χ1n) is 9.31. The van der Waals surface area contributed by atoms with E-state index < -0.39 is 12.1 Å². The zero-order chi connectivity index (χ0) is 20.6. The second-order valence-corrected chi connectivity index (χ2v) is 7.58. The molecule has 7 nitrogen and oxygen atoms in total. The maximum absolute atomic E-state index is 10.8. The smallest absolute Gasteiger partial charge is 0.337 e. The Morgan fingerprint density at radius 3 is 2.57 bits per heavy atom. The van der Waals surface area contributed by atoms with Crippen LogP contribution in [0.3, 0.4) is 0 Å². The Balaban J connectivity index is 1.67. The summed E-state index contributed by atoms with van der Waals surface area (Å²) in [6.45, 7) is 8.23. The van der Waals surface area contributed by atoms with E-state index in [0.717, 1.165) is 11.3 Å². The van der Waals surface area contributed by atoms with E-state index in [1.807, 2.05) is 24.3 Å². The second kappa shape index (κ2) is 10.1. The van der Waals surface area contributed by atoms with Crippen molar-refractivity contribution in [3.63, 3.8) is 0 Å². The van der Waals surface area contributed by atoms with Gasteiger partial charge in [0.25, 0.3) is 0 Å². The second-order valence-electron chi connectivity index (χ2n) is 7.58. The van der Waals surface area contributed by atoms with E-state index >= 15 is 0 Å². The molecule has 0 fully saturated rings. The molecule has 7 heteroatoms. The quantitative estimate of drug-likeness (QED) is 0.465. The van der Waals surface area contributed by atoms with E-state index in [9.17, 15) is 9.90 Å². The highest BCUT2D eigenvalue weighted by molar-refractivity contribution is 5.87. The van der Waals surface area contributed by atoms with Crippen LogP contribution >= 0.6 is 0 Å². The van der Waals surface area contributed by atoms with Crippen LogP contribution in [0.2, 0.25) is 0 Å². The molecule has 0 saturated carbocycles. The molecule has 4 N–H and O–H groups in total. The van der Waals surface area contributed by atoms with Crippen molar-refractivity contribution in [2.45, 2.75) is 32.3 Å². The predicted molar refractivity (Wildman–Crippen MR) is 109 cm³/mol. The molecule has 2 rings (SSSR count). The van der Waals surface area contributed by atoms with Crippen LogP contribution in [0.1, 0.15) is 36.7 Å². The van der Waals surface area contributed by atoms with Gasteiger partial charge >= 0.3 is 5.97 Å². The van der Waals surface area contributed by atoms with Crippen molar-refractivity contribution in [2.75, 3.05) is 31.6 Å².